The van der Waals surface area contributed by atoms with Crippen LogP contribution in [-0.2, 0) is 145 Å². The summed E-state index contributed by atoms with van der Waals surface area (Å²) < 4.78 is 96.7. The first-order valence-electron chi connectivity index (χ1n) is 43.1. The van der Waals surface area contributed by atoms with Crippen LogP contribution in [0.3, 0.4) is 0 Å². The Morgan fingerprint density at radius 2 is 0.803 bits per heavy atom. The SMILES string of the molecule is C#CCCC(=O)N[C@H](CCC[NH+]=C(N)N)C(=O)O.CC(=O)N[C@H](CCC(=O)OCc1ccccc1)C(=O)N[C@@H](CCC(=O)OCc1ccccc1)C(=O)NCCOCCN=[N+]=[N-].CC(=O)N[C@H](CCC(=O)OCc1ccccc1)C(=O)N[C@@H](CCC(=O)OCc1ccccc1)C(=O)NCCOCCn1cc(CCC(=O)N[C@@H](CCC[NH+]=C(N)N)C(=O)O)nn1.CN=[N+]=[N-].O=C([O-])C(F)(F)F.O=C([O-])C(F)(F)F. The highest BCUT2D eigenvalue weighted by Gasteiger charge is 2.33. The number of amides is 8. The van der Waals surface area contributed by atoms with Crippen LogP contribution in [-0.4, -0.2) is 247 Å². The second kappa shape index (κ2) is 74.9. The summed E-state index contributed by atoms with van der Waals surface area (Å²) in [6.45, 7) is 4.54. The number of aryl methyl sites for hydroxylation is 1. The maximum atomic E-state index is 13.4. The van der Waals surface area contributed by atoms with E-state index in [1.54, 1.807) is 79.0 Å². The van der Waals surface area contributed by atoms with Gasteiger partial charge in [-0.25, -0.2) is 14.3 Å². The first kappa shape index (κ1) is 126. The van der Waals surface area contributed by atoms with Gasteiger partial charge in [-0.2, -0.15) is 26.3 Å². The van der Waals surface area contributed by atoms with Gasteiger partial charge in [-0.15, -0.1) is 17.4 Å². The fraction of sp³-hybridized carbons (Fsp3) is 0.471. The topological polar surface area (TPSA) is 772 Å². The summed E-state index contributed by atoms with van der Waals surface area (Å²) in [7, 11) is 1.39. The minimum Gasteiger partial charge on any atom is -0.542 e. The maximum absolute atomic E-state index is 13.4. The number of ether oxygens (including phenoxy) is 6. The largest absolute Gasteiger partial charge is 0.542 e. The number of nitrogens with one attached hydrogen (secondary N) is 10. The third-order valence-corrected chi connectivity index (χ3v) is 17.6. The lowest BCUT2D eigenvalue weighted by atomic mass is 10.1. The number of halogens is 6. The Bertz CT molecular complexity index is 4910. The number of carboxylic acids is 4. The van der Waals surface area contributed by atoms with Gasteiger partial charge in [0.2, 0.25) is 47.3 Å². The van der Waals surface area contributed by atoms with Crippen molar-refractivity contribution in [3.63, 3.8) is 0 Å². The number of alkyl halides is 6. The summed E-state index contributed by atoms with van der Waals surface area (Å²) in [6, 6.07) is 29.5. The molecule has 5 rings (SSSR count). The minimum absolute atomic E-state index is 0.00547. The number of rotatable bonds is 57. The first-order chi connectivity index (χ1) is 67.3. The second-order valence-electron chi connectivity index (χ2n) is 29.1. The average molecular weight is 2020 g/mol. The number of azide groups is 2. The molecular formula is C87H117F6N23O26. The van der Waals surface area contributed by atoms with Gasteiger partial charge >= 0.3 is 60.1 Å². The van der Waals surface area contributed by atoms with Crippen LogP contribution in [0.2, 0.25) is 0 Å². The predicted molar refractivity (Wildman–Crippen MR) is 482 cm³/mol. The number of carbonyl (C=O) groups is 16. The van der Waals surface area contributed by atoms with Gasteiger partial charge in [-0.05, 0) is 84.7 Å². The molecule has 1 aromatic heterocycles. The van der Waals surface area contributed by atoms with Gasteiger partial charge in [0, 0.05) is 108 Å². The van der Waals surface area contributed by atoms with E-state index in [2.05, 4.69) is 88.8 Å². The molecule has 0 aliphatic heterocycles. The zero-order chi connectivity index (χ0) is 107. The van der Waals surface area contributed by atoms with Crippen LogP contribution in [0, 0.1) is 12.3 Å². The van der Waals surface area contributed by atoms with E-state index in [0.717, 1.165) is 22.3 Å². The molecule has 5 aromatic rings. The molecule has 0 fully saturated rings. The van der Waals surface area contributed by atoms with E-state index in [-0.39, 0.29) is 174 Å². The fourth-order valence-electron chi connectivity index (χ4n) is 10.8. The molecule has 20 N–H and O–H groups in total. The Morgan fingerprint density at radius 3 is 1.10 bits per heavy atom. The quantitative estimate of drug-likeness (QED) is 0.00178. The maximum Gasteiger partial charge on any atom is 0.430 e. The van der Waals surface area contributed by atoms with Crippen LogP contribution in [0.15, 0.2) is 138 Å². The molecule has 1 heterocycles. The molecular weight excluding hydrogens is 1900 g/mol. The van der Waals surface area contributed by atoms with E-state index >= 15 is 0 Å². The van der Waals surface area contributed by atoms with Gasteiger partial charge in [0.25, 0.3) is 0 Å². The molecule has 0 radical (unpaired) electrons. The Balaban J connectivity index is 0.00000212. The number of benzene rings is 4. The minimum atomic E-state index is -5.19. The van der Waals surface area contributed by atoms with Crippen molar-refractivity contribution in [2.24, 2.45) is 33.2 Å². The number of aromatic nitrogens is 3. The summed E-state index contributed by atoms with van der Waals surface area (Å²) >= 11 is 0. The molecule has 0 saturated heterocycles. The number of esters is 4. The van der Waals surface area contributed by atoms with Crippen LogP contribution in [0.25, 0.3) is 20.9 Å². The monoisotopic (exact) mass is 2010 g/mol. The molecule has 142 heavy (non-hydrogen) atoms. The summed E-state index contributed by atoms with van der Waals surface area (Å²) in [5.41, 5.74) is 40.3. The molecule has 0 aliphatic rings. The lowest BCUT2D eigenvalue weighted by Gasteiger charge is -2.23. The second-order valence-corrected chi connectivity index (χ2v) is 29.1. The summed E-state index contributed by atoms with van der Waals surface area (Å²) in [5.74, 6) is -12.6. The number of hydrogen-bond acceptors (Lipinski definition) is 28. The molecule has 0 unspecified atom stereocenters. The van der Waals surface area contributed by atoms with Crippen molar-refractivity contribution in [2.45, 2.75) is 198 Å². The molecule has 4 aromatic carbocycles. The normalized spacial score (nSPS) is 11.5. The Morgan fingerprint density at radius 1 is 0.479 bits per heavy atom. The van der Waals surface area contributed by atoms with E-state index in [1.807, 2.05) is 48.5 Å². The molecule has 0 bridgehead atoms. The highest BCUT2D eigenvalue weighted by atomic mass is 19.4. The molecule has 8 amide bonds. The lowest BCUT2D eigenvalue weighted by Crippen LogP contribution is -2.78. The van der Waals surface area contributed by atoms with Crippen LogP contribution in [0.5, 0.6) is 0 Å². The van der Waals surface area contributed by atoms with Crippen LogP contribution < -0.4 is 85.7 Å². The van der Waals surface area contributed by atoms with E-state index in [0.29, 0.717) is 44.6 Å². The summed E-state index contributed by atoms with van der Waals surface area (Å²) in [5, 5.41) is 70.7. The fourth-order valence-corrected chi connectivity index (χ4v) is 10.8. The molecule has 778 valence electrons. The molecule has 0 aliphatic carbocycles. The van der Waals surface area contributed by atoms with Crippen molar-refractivity contribution in [2.75, 3.05) is 66.2 Å². The first-order valence-corrected chi connectivity index (χ1v) is 43.1. The van der Waals surface area contributed by atoms with Gasteiger partial charge in [0.05, 0.1) is 51.8 Å². The summed E-state index contributed by atoms with van der Waals surface area (Å²) in [6.07, 6.45) is -2.86. The highest BCUT2D eigenvalue weighted by molar-refractivity contribution is 5.94. The zero-order valence-corrected chi connectivity index (χ0v) is 77.7. The van der Waals surface area contributed by atoms with Gasteiger partial charge in [0.15, 0.2) is 0 Å². The van der Waals surface area contributed by atoms with Gasteiger partial charge in [-0.1, -0.05) is 137 Å². The van der Waals surface area contributed by atoms with Gasteiger partial charge in [0.1, 0.15) is 74.6 Å². The molecule has 49 nitrogen and oxygen atoms in total. The Labute approximate surface area is 809 Å². The average Bonchev–Trinajstić information content (AvgIpc) is 1.77. The zero-order valence-electron chi connectivity index (χ0n) is 77.7. The van der Waals surface area contributed by atoms with Crippen molar-refractivity contribution < 1.29 is 162 Å². The van der Waals surface area contributed by atoms with Crippen LogP contribution in [0.1, 0.15) is 138 Å². The summed E-state index contributed by atoms with van der Waals surface area (Å²) in [4.78, 5) is 201. The molecule has 0 spiro atoms. The lowest BCUT2D eigenvalue weighted by molar-refractivity contribution is -0.460. The number of carboxylic acid groups (broad SMARTS) is 4. The van der Waals surface area contributed by atoms with E-state index in [4.69, 9.17) is 93.8 Å². The third-order valence-electron chi connectivity index (χ3n) is 17.6. The van der Waals surface area contributed by atoms with E-state index in [1.165, 1.54) is 25.6 Å². The number of hydrogen-bond donors (Lipinski definition) is 16. The number of nitrogens with zero attached hydrogens (tertiary/aromatic N) is 9. The molecule has 0 saturated carbocycles. The van der Waals surface area contributed by atoms with Crippen molar-refractivity contribution in [1.29, 1.82) is 0 Å². The van der Waals surface area contributed by atoms with Crippen LogP contribution in [0.4, 0.5) is 26.3 Å². The number of carbonyl (C=O) groups excluding carboxylic acids is 14. The van der Waals surface area contributed by atoms with Gasteiger partial charge in [-0.3, -0.25) is 90.5 Å². The number of guanidine groups is 2. The number of terminal acetylenes is 1. The van der Waals surface area contributed by atoms with Crippen molar-refractivity contribution in [1.82, 2.24) is 57.5 Å². The van der Waals surface area contributed by atoms with Crippen LogP contribution >= 0.6 is 0 Å². The molecule has 6 atom stereocenters. The number of nitrogens with two attached hydrogens (primary N) is 4. The van der Waals surface area contributed by atoms with E-state index < -0.39 is 138 Å². The van der Waals surface area contributed by atoms with Crippen molar-refractivity contribution in [3.05, 3.63) is 176 Å². The van der Waals surface area contributed by atoms with Crippen molar-refractivity contribution >= 4 is 107 Å². The Hall–Kier alpha value is -16.2. The molecule has 55 heteroatoms. The standard InChI is InChI=1S/C41H56N10O11.C30H38N6O8.C11H18N4O3.2C2HF3O2.CH3N3/c1-28(52)46-33(16-19-37(55)62-27-30-11-6-3-7-12-30)39(57)48-32(15-18-36(54)61-26-29-9-4-2-5-10-29)38(56)44-21-23-60-24-22-51-25-31(49-50-51)14-17-35(53)47-34(40(58)59)13-8-20-45-41(42)43;1-22(37)34-26(13-15-28(39)44-21-24-10-6-3-7-11-24)30(41)35-25(29(40)32-16-18-42-19-17-33-36-31)12-14-27(38)43-20-23-8-4-2-5-9-23;1-2-3-6-9(16)15-8(10(17)18)5-4-7-14-11(12)13;2*3-2(4,5)1(6)7;1-3-4-2/h2-7,9-12,25,32-34H,8,13-24,26-27H2,1H3,(H,44,56)(H,46,52)(H,47,53)(H,48,57)(H,58,59)(H4,42,43,45);2-11,25-26H,12-21H2,1H3,(H,32,40)(H,34,37)(H,35,41);1,8H,3-7H2,(H,15,16)(H,17,18)(H4,12,13,14);2*(H,6,7);1H3/t32-,33+,34-;25-,26+;8-;;;/m001.../s1. The Kier molecular flexibility index (Phi) is 66.3. The van der Waals surface area contributed by atoms with E-state index in [9.17, 15) is 98.6 Å². The third kappa shape index (κ3) is 67.1. The smallest absolute Gasteiger partial charge is 0.430 e. The van der Waals surface area contributed by atoms with Gasteiger partial charge < -0.3 is 101 Å². The highest BCUT2D eigenvalue weighted by Crippen LogP contribution is 2.16. The number of aliphatic carboxylic acids is 4. The van der Waals surface area contributed by atoms with Crippen molar-refractivity contribution in [3.8, 4) is 12.3 Å². The predicted octanol–water partition coefficient (Wildman–Crippen LogP) is -2.82.